The maximum absolute atomic E-state index is 12.7. The van der Waals surface area contributed by atoms with Crippen LogP contribution in [0.25, 0.3) is 10.6 Å². The van der Waals surface area contributed by atoms with E-state index in [0.717, 1.165) is 29.0 Å². The van der Waals surface area contributed by atoms with E-state index in [1.54, 1.807) is 28.9 Å². The Kier molecular flexibility index (Phi) is 3.75. The van der Waals surface area contributed by atoms with Crippen molar-refractivity contribution in [2.24, 2.45) is 0 Å². The highest BCUT2D eigenvalue weighted by atomic mass is 32.1. The van der Waals surface area contributed by atoms with E-state index < -0.39 is 0 Å². The lowest BCUT2D eigenvalue weighted by atomic mass is 10.0. The van der Waals surface area contributed by atoms with Crippen LogP contribution in [0.1, 0.15) is 23.3 Å². The fourth-order valence-corrected chi connectivity index (χ4v) is 4.56. The molecule has 1 saturated carbocycles. The van der Waals surface area contributed by atoms with E-state index in [9.17, 15) is 4.79 Å². The number of hydrogen-bond acceptors (Lipinski definition) is 4. The third-order valence-corrected chi connectivity index (χ3v) is 6.21. The third-order valence-electron chi connectivity index (χ3n) is 4.26. The number of nitrogens with one attached hydrogen (secondary N) is 1. The first-order valence-electron chi connectivity index (χ1n) is 7.60. The third kappa shape index (κ3) is 2.71. The molecule has 4 rings (SSSR count). The molecule has 1 amide bonds. The molecule has 5 heteroatoms. The van der Waals surface area contributed by atoms with Crippen LogP contribution in [-0.4, -0.2) is 10.9 Å². The molecule has 1 aliphatic rings. The Morgan fingerprint density at radius 1 is 1.13 bits per heavy atom. The van der Waals surface area contributed by atoms with Crippen LogP contribution >= 0.6 is 22.7 Å². The van der Waals surface area contributed by atoms with Gasteiger partial charge in [-0.2, -0.15) is 0 Å². The first-order chi connectivity index (χ1) is 11.3. The van der Waals surface area contributed by atoms with E-state index in [1.807, 2.05) is 35.0 Å². The molecule has 1 fully saturated rings. The number of aromatic nitrogens is 1. The summed E-state index contributed by atoms with van der Waals surface area (Å²) in [4.78, 5) is 19.5. The lowest BCUT2D eigenvalue weighted by Gasteiger charge is -2.14. The standard InChI is InChI=1S/C18H16N2OS2/c21-17(18(7-8-18)15-6-3-11-23-15)20-12-13-4-1-9-19-16(13)14-5-2-10-22-14/h1-6,9-11H,7-8,12H2,(H,20,21). The quantitative estimate of drug-likeness (QED) is 0.755. The topological polar surface area (TPSA) is 42.0 Å². The number of carbonyl (C=O) groups is 1. The summed E-state index contributed by atoms with van der Waals surface area (Å²) in [6, 6.07) is 12.1. The second-order valence-corrected chi connectivity index (χ2v) is 7.63. The zero-order chi connectivity index (χ0) is 15.7. The van der Waals surface area contributed by atoms with Gasteiger partial charge in [-0.15, -0.1) is 22.7 Å². The Bertz CT molecular complexity index is 805. The van der Waals surface area contributed by atoms with E-state index in [-0.39, 0.29) is 11.3 Å². The van der Waals surface area contributed by atoms with Crippen molar-refractivity contribution in [3.05, 3.63) is 63.8 Å². The largest absolute Gasteiger partial charge is 0.351 e. The van der Waals surface area contributed by atoms with Crippen molar-refractivity contribution in [3.63, 3.8) is 0 Å². The van der Waals surface area contributed by atoms with Crippen molar-refractivity contribution in [1.82, 2.24) is 10.3 Å². The molecule has 0 saturated heterocycles. The van der Waals surface area contributed by atoms with E-state index in [2.05, 4.69) is 22.4 Å². The van der Waals surface area contributed by atoms with E-state index in [1.165, 1.54) is 4.88 Å². The van der Waals surface area contributed by atoms with Gasteiger partial charge >= 0.3 is 0 Å². The van der Waals surface area contributed by atoms with Crippen LogP contribution in [0.2, 0.25) is 0 Å². The molecule has 1 N–H and O–H groups in total. The summed E-state index contributed by atoms with van der Waals surface area (Å²) < 4.78 is 0. The van der Waals surface area contributed by atoms with Gasteiger partial charge in [-0.1, -0.05) is 18.2 Å². The fourth-order valence-electron chi connectivity index (χ4n) is 2.82. The van der Waals surface area contributed by atoms with Gasteiger partial charge in [0.05, 0.1) is 16.0 Å². The fraction of sp³-hybridized carbons (Fsp3) is 0.222. The van der Waals surface area contributed by atoms with Crippen LogP contribution in [0.3, 0.4) is 0 Å². The average Bonchev–Trinajstić information content (AvgIpc) is 3.02. The summed E-state index contributed by atoms with van der Waals surface area (Å²) >= 11 is 3.34. The zero-order valence-electron chi connectivity index (χ0n) is 12.5. The molecule has 23 heavy (non-hydrogen) atoms. The highest BCUT2D eigenvalue weighted by Gasteiger charge is 2.51. The molecule has 3 aromatic rings. The van der Waals surface area contributed by atoms with Gasteiger partial charge in [0.1, 0.15) is 0 Å². The van der Waals surface area contributed by atoms with Gasteiger partial charge in [-0.3, -0.25) is 9.78 Å². The van der Waals surface area contributed by atoms with Crippen molar-refractivity contribution in [2.45, 2.75) is 24.8 Å². The molecule has 3 aromatic heterocycles. The minimum Gasteiger partial charge on any atom is -0.351 e. The summed E-state index contributed by atoms with van der Waals surface area (Å²) in [5.74, 6) is 0.140. The summed E-state index contributed by atoms with van der Waals surface area (Å²) in [6.07, 6.45) is 3.70. The minimum atomic E-state index is -0.278. The van der Waals surface area contributed by atoms with Crippen molar-refractivity contribution < 1.29 is 4.79 Å². The lowest BCUT2D eigenvalue weighted by Crippen LogP contribution is -2.33. The molecule has 0 atom stereocenters. The van der Waals surface area contributed by atoms with Crippen LogP contribution in [-0.2, 0) is 16.8 Å². The van der Waals surface area contributed by atoms with Crippen molar-refractivity contribution in [3.8, 4) is 10.6 Å². The van der Waals surface area contributed by atoms with E-state index in [4.69, 9.17) is 0 Å². The molecule has 0 aromatic carbocycles. The minimum absolute atomic E-state index is 0.140. The molecule has 0 aliphatic heterocycles. The molecule has 3 heterocycles. The molecular weight excluding hydrogens is 324 g/mol. The molecule has 3 nitrogen and oxygen atoms in total. The number of pyridine rings is 1. The maximum Gasteiger partial charge on any atom is 0.231 e. The molecule has 0 unspecified atom stereocenters. The summed E-state index contributed by atoms with van der Waals surface area (Å²) in [6.45, 7) is 0.521. The first-order valence-corrected chi connectivity index (χ1v) is 9.36. The van der Waals surface area contributed by atoms with Crippen LogP contribution < -0.4 is 5.32 Å². The number of amides is 1. The first kappa shape index (κ1) is 14.6. The Hall–Kier alpha value is -1.98. The Balaban J connectivity index is 1.51. The van der Waals surface area contributed by atoms with Crippen LogP contribution in [0.5, 0.6) is 0 Å². The van der Waals surface area contributed by atoms with E-state index in [0.29, 0.717) is 6.54 Å². The van der Waals surface area contributed by atoms with Crippen molar-refractivity contribution in [2.75, 3.05) is 0 Å². The average molecular weight is 340 g/mol. The SMILES string of the molecule is O=C(NCc1cccnc1-c1cccs1)C1(c2cccs2)CC1. The van der Waals surface area contributed by atoms with Crippen LogP contribution in [0.15, 0.2) is 53.4 Å². The summed E-state index contributed by atoms with van der Waals surface area (Å²) in [5, 5.41) is 7.21. The molecule has 116 valence electrons. The van der Waals surface area contributed by atoms with Gasteiger partial charge in [0, 0.05) is 17.6 Å². The van der Waals surface area contributed by atoms with Crippen LogP contribution in [0, 0.1) is 0 Å². The van der Waals surface area contributed by atoms with Gasteiger partial charge in [0.2, 0.25) is 5.91 Å². The van der Waals surface area contributed by atoms with Gasteiger partial charge in [-0.25, -0.2) is 0 Å². The Labute approximate surface area is 143 Å². The predicted molar refractivity (Wildman–Crippen MR) is 94.6 cm³/mol. The number of thiophene rings is 2. The molecular formula is C18H16N2OS2. The van der Waals surface area contributed by atoms with Crippen molar-refractivity contribution in [1.29, 1.82) is 0 Å². The number of nitrogens with zero attached hydrogens (tertiary/aromatic N) is 1. The second kappa shape index (κ2) is 5.91. The highest BCUT2D eigenvalue weighted by Crippen LogP contribution is 2.50. The van der Waals surface area contributed by atoms with Gasteiger partial charge in [0.25, 0.3) is 0 Å². The summed E-state index contributed by atoms with van der Waals surface area (Å²) in [5.41, 5.74) is 1.74. The molecule has 0 bridgehead atoms. The monoisotopic (exact) mass is 340 g/mol. The Morgan fingerprint density at radius 3 is 2.65 bits per heavy atom. The zero-order valence-corrected chi connectivity index (χ0v) is 14.1. The lowest BCUT2D eigenvalue weighted by molar-refractivity contribution is -0.123. The molecule has 0 radical (unpaired) electrons. The molecule has 1 aliphatic carbocycles. The number of hydrogen-bond donors (Lipinski definition) is 1. The van der Waals surface area contributed by atoms with Gasteiger partial charge in [0.15, 0.2) is 0 Å². The van der Waals surface area contributed by atoms with E-state index >= 15 is 0 Å². The predicted octanol–water partition coefficient (Wildman–Crippen LogP) is 4.22. The van der Waals surface area contributed by atoms with Gasteiger partial charge in [-0.05, 0) is 47.4 Å². The van der Waals surface area contributed by atoms with Gasteiger partial charge < -0.3 is 5.32 Å². The maximum atomic E-state index is 12.7. The Morgan fingerprint density at radius 2 is 1.96 bits per heavy atom. The number of rotatable bonds is 5. The second-order valence-electron chi connectivity index (χ2n) is 5.73. The summed E-state index contributed by atoms with van der Waals surface area (Å²) in [7, 11) is 0. The number of carbonyl (C=O) groups excluding carboxylic acids is 1. The van der Waals surface area contributed by atoms with Crippen LogP contribution in [0.4, 0.5) is 0 Å². The molecule has 0 spiro atoms. The smallest absolute Gasteiger partial charge is 0.231 e. The normalized spacial score (nSPS) is 15.3. The highest BCUT2D eigenvalue weighted by molar-refractivity contribution is 7.13. The van der Waals surface area contributed by atoms with Crippen molar-refractivity contribution >= 4 is 28.6 Å².